The first kappa shape index (κ1) is 11.5. The van der Waals surface area contributed by atoms with Crippen LogP contribution in [0, 0.1) is 11.3 Å². The third-order valence-corrected chi connectivity index (χ3v) is 2.56. The number of carbonyl (C=O) groups is 1. The summed E-state index contributed by atoms with van der Waals surface area (Å²) in [6.07, 6.45) is 0. The van der Waals surface area contributed by atoms with E-state index in [0.29, 0.717) is 16.9 Å². The van der Waals surface area contributed by atoms with Gasteiger partial charge in [0.1, 0.15) is 17.2 Å². The maximum Gasteiger partial charge on any atom is 0.152 e. The molecule has 0 saturated carbocycles. The lowest BCUT2D eigenvalue weighted by Gasteiger charge is -2.10. The Morgan fingerprint density at radius 3 is 2.73 bits per heavy atom. The molecule has 1 rings (SSSR count). The van der Waals surface area contributed by atoms with Gasteiger partial charge in [-0.25, -0.2) is 0 Å². The van der Waals surface area contributed by atoms with Gasteiger partial charge in [-0.2, -0.15) is 5.26 Å². The quantitative estimate of drug-likeness (QED) is 0.740. The number of rotatable bonds is 3. The lowest BCUT2D eigenvalue weighted by molar-refractivity contribution is -0.116. The smallest absolute Gasteiger partial charge is 0.152 e. The molecule has 0 aliphatic rings. The van der Waals surface area contributed by atoms with Crippen LogP contribution in [0.1, 0.15) is 23.4 Å². The number of benzene rings is 1. The number of ketones is 1. The molecular formula is C11H10ClNO2. The van der Waals surface area contributed by atoms with E-state index in [1.807, 2.05) is 6.07 Å². The number of hydrogen-bond acceptors (Lipinski definition) is 3. The first-order valence-corrected chi connectivity index (χ1v) is 4.77. The van der Waals surface area contributed by atoms with Crippen LogP contribution in [0.15, 0.2) is 18.2 Å². The summed E-state index contributed by atoms with van der Waals surface area (Å²) in [4.78, 5) is 11.1. The summed E-state index contributed by atoms with van der Waals surface area (Å²) in [6.45, 7) is 1.39. The van der Waals surface area contributed by atoms with Gasteiger partial charge in [-0.15, -0.1) is 11.6 Å². The zero-order chi connectivity index (χ0) is 11.4. The second-order valence-electron chi connectivity index (χ2n) is 3.01. The highest BCUT2D eigenvalue weighted by atomic mass is 35.5. The topological polar surface area (TPSA) is 50.1 Å². The van der Waals surface area contributed by atoms with Gasteiger partial charge >= 0.3 is 0 Å². The molecule has 0 amide bonds. The fourth-order valence-electron chi connectivity index (χ4n) is 1.27. The van der Waals surface area contributed by atoms with Gasteiger partial charge in [0.05, 0.1) is 12.7 Å². The molecule has 0 heterocycles. The standard InChI is InChI=1S/C11H10ClNO2/c1-7(14)11(12)8-4-3-5-10(15-2)9(8)6-13/h3-5,11H,1-2H3. The molecule has 15 heavy (non-hydrogen) atoms. The maximum absolute atomic E-state index is 11.1. The molecular weight excluding hydrogens is 214 g/mol. The van der Waals surface area contributed by atoms with Gasteiger partial charge in [0.25, 0.3) is 0 Å². The maximum atomic E-state index is 11.1. The first-order chi connectivity index (χ1) is 7.11. The van der Waals surface area contributed by atoms with E-state index in [-0.39, 0.29) is 5.78 Å². The summed E-state index contributed by atoms with van der Waals surface area (Å²) in [7, 11) is 1.47. The third-order valence-electron chi connectivity index (χ3n) is 2.02. The molecule has 0 spiro atoms. The van der Waals surface area contributed by atoms with Crippen molar-refractivity contribution in [3.8, 4) is 11.8 Å². The normalized spacial score (nSPS) is 11.6. The predicted octanol–water partition coefficient (Wildman–Crippen LogP) is 2.44. The van der Waals surface area contributed by atoms with Crippen molar-refractivity contribution in [2.45, 2.75) is 12.3 Å². The van der Waals surface area contributed by atoms with Crippen molar-refractivity contribution in [1.82, 2.24) is 0 Å². The number of nitrogens with zero attached hydrogens (tertiary/aromatic N) is 1. The van der Waals surface area contributed by atoms with E-state index in [9.17, 15) is 4.79 Å². The number of Topliss-reactive ketones (excluding diaryl/α,β-unsaturated/α-hetero) is 1. The van der Waals surface area contributed by atoms with Crippen molar-refractivity contribution in [3.63, 3.8) is 0 Å². The van der Waals surface area contributed by atoms with Crippen LogP contribution < -0.4 is 4.74 Å². The van der Waals surface area contributed by atoms with E-state index in [1.54, 1.807) is 18.2 Å². The molecule has 0 saturated heterocycles. The van der Waals surface area contributed by atoms with Gasteiger partial charge in [0.2, 0.25) is 0 Å². The summed E-state index contributed by atoms with van der Waals surface area (Å²) in [5.41, 5.74) is 0.807. The average molecular weight is 224 g/mol. The zero-order valence-corrected chi connectivity index (χ0v) is 9.21. The zero-order valence-electron chi connectivity index (χ0n) is 8.45. The highest BCUT2D eigenvalue weighted by molar-refractivity contribution is 6.31. The SMILES string of the molecule is COc1cccc(C(Cl)C(C)=O)c1C#N. The molecule has 0 aromatic heterocycles. The Morgan fingerprint density at radius 1 is 1.60 bits per heavy atom. The van der Waals surface area contributed by atoms with Crippen molar-refractivity contribution in [2.75, 3.05) is 7.11 Å². The number of nitriles is 1. The van der Waals surface area contributed by atoms with Crippen molar-refractivity contribution in [1.29, 1.82) is 5.26 Å². The summed E-state index contributed by atoms with van der Waals surface area (Å²) >= 11 is 5.90. The second-order valence-corrected chi connectivity index (χ2v) is 3.45. The van der Waals surface area contributed by atoms with Crippen LogP contribution in [0.5, 0.6) is 5.75 Å². The lowest BCUT2D eigenvalue weighted by Crippen LogP contribution is -2.04. The fourth-order valence-corrected chi connectivity index (χ4v) is 1.45. The molecule has 3 nitrogen and oxygen atoms in total. The molecule has 0 bridgehead atoms. The van der Waals surface area contributed by atoms with E-state index >= 15 is 0 Å². The summed E-state index contributed by atoms with van der Waals surface area (Å²) in [5, 5.41) is 8.16. The van der Waals surface area contributed by atoms with Crippen molar-refractivity contribution in [3.05, 3.63) is 29.3 Å². The predicted molar refractivity (Wildman–Crippen MR) is 57.0 cm³/mol. The molecule has 1 aromatic rings. The molecule has 0 radical (unpaired) electrons. The van der Waals surface area contributed by atoms with Gasteiger partial charge in [-0.05, 0) is 18.6 Å². The molecule has 1 atom stereocenters. The van der Waals surface area contributed by atoms with Crippen LogP contribution in [0.2, 0.25) is 0 Å². The van der Waals surface area contributed by atoms with E-state index in [2.05, 4.69) is 0 Å². The van der Waals surface area contributed by atoms with E-state index in [1.165, 1.54) is 14.0 Å². The van der Waals surface area contributed by atoms with Crippen LogP contribution in [0.25, 0.3) is 0 Å². The Hall–Kier alpha value is -1.53. The first-order valence-electron chi connectivity index (χ1n) is 4.33. The Kier molecular flexibility index (Phi) is 3.70. The van der Waals surface area contributed by atoms with Gasteiger partial charge in [0, 0.05) is 0 Å². The number of alkyl halides is 1. The van der Waals surface area contributed by atoms with E-state index in [4.69, 9.17) is 21.6 Å². The Bertz CT molecular complexity index is 423. The molecule has 0 fully saturated rings. The van der Waals surface area contributed by atoms with Gasteiger partial charge in [-0.3, -0.25) is 4.79 Å². The van der Waals surface area contributed by atoms with Crippen molar-refractivity contribution >= 4 is 17.4 Å². The Balaban J connectivity index is 3.30. The van der Waals surface area contributed by atoms with Crippen LogP contribution in [0.4, 0.5) is 0 Å². The fraction of sp³-hybridized carbons (Fsp3) is 0.273. The minimum atomic E-state index is -0.797. The molecule has 1 aromatic carbocycles. The molecule has 0 N–H and O–H groups in total. The van der Waals surface area contributed by atoms with Gasteiger partial charge in [-0.1, -0.05) is 12.1 Å². The van der Waals surface area contributed by atoms with Gasteiger partial charge in [0.15, 0.2) is 5.78 Å². The van der Waals surface area contributed by atoms with Crippen molar-refractivity contribution < 1.29 is 9.53 Å². The molecule has 78 valence electrons. The van der Waals surface area contributed by atoms with Crippen LogP contribution in [-0.2, 0) is 4.79 Å². The van der Waals surface area contributed by atoms with E-state index in [0.717, 1.165) is 0 Å². The summed E-state index contributed by atoms with van der Waals surface area (Å²) < 4.78 is 5.01. The number of methoxy groups -OCH3 is 1. The molecule has 0 aliphatic heterocycles. The minimum absolute atomic E-state index is 0.193. The summed E-state index contributed by atoms with van der Waals surface area (Å²) in [6, 6.07) is 7.00. The summed E-state index contributed by atoms with van der Waals surface area (Å²) in [5.74, 6) is 0.239. The largest absolute Gasteiger partial charge is 0.495 e. The number of carbonyl (C=O) groups excluding carboxylic acids is 1. The molecule has 1 unspecified atom stereocenters. The highest BCUT2D eigenvalue weighted by Gasteiger charge is 2.19. The molecule has 4 heteroatoms. The van der Waals surface area contributed by atoms with E-state index < -0.39 is 5.38 Å². The average Bonchev–Trinajstić information content (AvgIpc) is 2.26. The third kappa shape index (κ3) is 2.28. The molecule has 0 aliphatic carbocycles. The number of halogens is 1. The minimum Gasteiger partial charge on any atom is -0.495 e. The van der Waals surface area contributed by atoms with Gasteiger partial charge < -0.3 is 4.74 Å². The van der Waals surface area contributed by atoms with Crippen molar-refractivity contribution in [2.24, 2.45) is 0 Å². The number of ether oxygens (including phenoxy) is 1. The second kappa shape index (κ2) is 4.81. The monoisotopic (exact) mass is 223 g/mol. The highest BCUT2D eigenvalue weighted by Crippen LogP contribution is 2.30. The Morgan fingerprint density at radius 2 is 2.27 bits per heavy atom. The lowest BCUT2D eigenvalue weighted by atomic mass is 10.0. The number of hydrogen-bond donors (Lipinski definition) is 0. The van der Waals surface area contributed by atoms with Crippen LogP contribution in [-0.4, -0.2) is 12.9 Å². The Labute approximate surface area is 93.2 Å². The van der Waals surface area contributed by atoms with Crippen LogP contribution >= 0.6 is 11.6 Å². The van der Waals surface area contributed by atoms with Crippen LogP contribution in [0.3, 0.4) is 0 Å².